The minimum atomic E-state index is -0.322. The first-order chi connectivity index (χ1) is 10.3. The zero-order valence-electron chi connectivity index (χ0n) is 11.3. The van der Waals surface area contributed by atoms with Crippen LogP contribution in [-0.2, 0) is 0 Å². The van der Waals surface area contributed by atoms with Gasteiger partial charge in [0, 0.05) is 23.8 Å². The Labute approximate surface area is 120 Å². The average Bonchev–Trinajstić information content (AvgIpc) is 2.55. The van der Waals surface area contributed by atoms with E-state index < -0.39 is 0 Å². The Balaban J connectivity index is 1.86. The second-order valence-electron chi connectivity index (χ2n) is 4.33. The van der Waals surface area contributed by atoms with Gasteiger partial charge in [0.1, 0.15) is 11.4 Å². The Kier molecular flexibility index (Phi) is 3.42. The van der Waals surface area contributed by atoms with Crippen LogP contribution in [0.5, 0.6) is 5.75 Å². The number of methoxy groups -OCH3 is 1. The minimum Gasteiger partial charge on any atom is -0.497 e. The summed E-state index contributed by atoms with van der Waals surface area (Å²) in [6, 6.07) is 7.41. The van der Waals surface area contributed by atoms with E-state index in [2.05, 4.69) is 20.3 Å². The molecule has 0 spiro atoms. The Morgan fingerprint density at radius 3 is 2.81 bits per heavy atom. The molecule has 0 aliphatic rings. The maximum Gasteiger partial charge on any atom is 0.275 e. The molecular weight excluding hydrogens is 268 g/mol. The van der Waals surface area contributed by atoms with E-state index in [-0.39, 0.29) is 11.6 Å². The van der Waals surface area contributed by atoms with Gasteiger partial charge >= 0.3 is 0 Å². The SMILES string of the molecule is COc1ccc2cc(NC(=O)c3cnccn3)cnc2c1. The Morgan fingerprint density at radius 1 is 1.14 bits per heavy atom. The molecule has 6 nitrogen and oxygen atoms in total. The molecule has 0 unspecified atom stereocenters. The summed E-state index contributed by atoms with van der Waals surface area (Å²) in [7, 11) is 1.61. The van der Waals surface area contributed by atoms with Crippen LogP contribution in [0.4, 0.5) is 5.69 Å². The molecule has 1 aromatic carbocycles. The molecule has 0 fully saturated rings. The summed E-state index contributed by atoms with van der Waals surface area (Å²) in [4.78, 5) is 24.1. The van der Waals surface area contributed by atoms with Crippen LogP contribution in [0.2, 0.25) is 0 Å². The standard InChI is InChI=1S/C15H12N4O2/c1-21-12-3-2-10-6-11(8-18-13(10)7-12)19-15(20)14-9-16-4-5-17-14/h2-9H,1H3,(H,19,20). The van der Waals surface area contributed by atoms with Crippen molar-refractivity contribution in [2.75, 3.05) is 12.4 Å². The first kappa shape index (κ1) is 13.0. The molecule has 104 valence electrons. The number of anilines is 1. The van der Waals surface area contributed by atoms with Crippen molar-refractivity contribution in [3.05, 3.63) is 54.7 Å². The number of fused-ring (bicyclic) bond motifs is 1. The summed E-state index contributed by atoms with van der Waals surface area (Å²) in [5.41, 5.74) is 1.66. The lowest BCUT2D eigenvalue weighted by atomic mass is 10.2. The quantitative estimate of drug-likeness (QED) is 0.796. The molecule has 2 heterocycles. The lowest BCUT2D eigenvalue weighted by Gasteiger charge is -2.06. The van der Waals surface area contributed by atoms with Crippen LogP contribution in [-0.4, -0.2) is 28.0 Å². The van der Waals surface area contributed by atoms with Crippen molar-refractivity contribution >= 4 is 22.5 Å². The molecule has 0 saturated carbocycles. The van der Waals surface area contributed by atoms with Crippen molar-refractivity contribution in [2.24, 2.45) is 0 Å². The van der Waals surface area contributed by atoms with Gasteiger partial charge in [-0.25, -0.2) is 4.98 Å². The first-order valence-electron chi connectivity index (χ1n) is 6.27. The predicted octanol–water partition coefficient (Wildman–Crippen LogP) is 2.29. The van der Waals surface area contributed by atoms with Gasteiger partial charge in [0.15, 0.2) is 0 Å². The molecule has 6 heteroatoms. The van der Waals surface area contributed by atoms with Crippen molar-refractivity contribution in [3.63, 3.8) is 0 Å². The smallest absolute Gasteiger partial charge is 0.275 e. The molecule has 1 amide bonds. The molecule has 0 aliphatic heterocycles. The third kappa shape index (κ3) is 2.79. The van der Waals surface area contributed by atoms with Gasteiger partial charge in [-0.05, 0) is 18.2 Å². The molecule has 3 aromatic rings. The van der Waals surface area contributed by atoms with Crippen molar-refractivity contribution in [1.29, 1.82) is 0 Å². The van der Waals surface area contributed by atoms with Crippen molar-refractivity contribution < 1.29 is 9.53 Å². The number of aromatic nitrogens is 3. The second-order valence-corrected chi connectivity index (χ2v) is 4.33. The summed E-state index contributed by atoms with van der Waals surface area (Å²) < 4.78 is 5.15. The first-order valence-corrected chi connectivity index (χ1v) is 6.27. The topological polar surface area (TPSA) is 77.0 Å². The fourth-order valence-corrected chi connectivity index (χ4v) is 1.91. The number of rotatable bonds is 3. The molecule has 21 heavy (non-hydrogen) atoms. The number of nitrogens with zero attached hydrogens (tertiary/aromatic N) is 3. The highest BCUT2D eigenvalue weighted by Gasteiger charge is 2.08. The normalized spacial score (nSPS) is 10.3. The van der Waals surface area contributed by atoms with Crippen LogP contribution in [0.25, 0.3) is 10.9 Å². The third-order valence-corrected chi connectivity index (χ3v) is 2.95. The highest BCUT2D eigenvalue weighted by atomic mass is 16.5. The average molecular weight is 280 g/mol. The van der Waals surface area contributed by atoms with E-state index in [1.807, 2.05) is 24.3 Å². The predicted molar refractivity (Wildman–Crippen MR) is 78.3 cm³/mol. The highest BCUT2D eigenvalue weighted by molar-refractivity contribution is 6.03. The van der Waals surface area contributed by atoms with Gasteiger partial charge in [-0.2, -0.15) is 0 Å². The maximum absolute atomic E-state index is 12.0. The van der Waals surface area contributed by atoms with Gasteiger partial charge in [0.2, 0.25) is 0 Å². The van der Waals surface area contributed by atoms with Gasteiger partial charge in [-0.3, -0.25) is 14.8 Å². The molecule has 1 N–H and O–H groups in total. The summed E-state index contributed by atoms with van der Waals surface area (Å²) in [5.74, 6) is 0.420. The van der Waals surface area contributed by atoms with Crippen molar-refractivity contribution in [2.45, 2.75) is 0 Å². The fraction of sp³-hybridized carbons (Fsp3) is 0.0667. The van der Waals surface area contributed by atoms with E-state index in [9.17, 15) is 4.79 Å². The van der Waals surface area contributed by atoms with Gasteiger partial charge in [0.25, 0.3) is 5.91 Å². The monoisotopic (exact) mass is 280 g/mol. The Hall–Kier alpha value is -3.02. The summed E-state index contributed by atoms with van der Waals surface area (Å²) in [6.07, 6.45) is 5.99. The van der Waals surface area contributed by atoms with E-state index in [0.717, 1.165) is 16.7 Å². The van der Waals surface area contributed by atoms with Gasteiger partial charge < -0.3 is 10.1 Å². The number of amides is 1. The van der Waals surface area contributed by atoms with Crippen molar-refractivity contribution in [3.8, 4) is 5.75 Å². The number of carbonyl (C=O) groups excluding carboxylic acids is 1. The molecular formula is C15H12N4O2. The number of hydrogen-bond donors (Lipinski definition) is 1. The molecule has 0 bridgehead atoms. The van der Waals surface area contributed by atoms with Gasteiger partial charge in [0.05, 0.1) is 30.7 Å². The maximum atomic E-state index is 12.0. The number of pyridine rings is 1. The highest BCUT2D eigenvalue weighted by Crippen LogP contribution is 2.21. The van der Waals surface area contributed by atoms with Crippen LogP contribution < -0.4 is 10.1 Å². The van der Waals surface area contributed by atoms with E-state index in [4.69, 9.17) is 4.74 Å². The molecule has 0 atom stereocenters. The van der Waals surface area contributed by atoms with Crippen LogP contribution >= 0.6 is 0 Å². The molecule has 2 aromatic heterocycles. The van der Waals surface area contributed by atoms with Crippen molar-refractivity contribution in [1.82, 2.24) is 15.0 Å². The molecule has 0 saturated heterocycles. The molecule has 0 aliphatic carbocycles. The van der Waals surface area contributed by atoms with Gasteiger partial charge in [-0.1, -0.05) is 0 Å². The van der Waals surface area contributed by atoms with Crippen LogP contribution in [0.1, 0.15) is 10.5 Å². The van der Waals surface area contributed by atoms with Crippen LogP contribution in [0, 0.1) is 0 Å². The lowest BCUT2D eigenvalue weighted by molar-refractivity contribution is 0.102. The largest absolute Gasteiger partial charge is 0.497 e. The summed E-state index contributed by atoms with van der Waals surface area (Å²) >= 11 is 0. The van der Waals surface area contributed by atoms with Gasteiger partial charge in [-0.15, -0.1) is 0 Å². The fourth-order valence-electron chi connectivity index (χ4n) is 1.91. The van der Waals surface area contributed by atoms with E-state index in [1.54, 1.807) is 13.3 Å². The number of carbonyl (C=O) groups is 1. The summed E-state index contributed by atoms with van der Waals surface area (Å²) in [6.45, 7) is 0. The Bertz CT molecular complexity index is 790. The third-order valence-electron chi connectivity index (χ3n) is 2.95. The zero-order chi connectivity index (χ0) is 14.7. The van der Waals surface area contributed by atoms with Crippen LogP contribution in [0.3, 0.4) is 0 Å². The zero-order valence-corrected chi connectivity index (χ0v) is 11.3. The number of ether oxygens (including phenoxy) is 1. The van der Waals surface area contributed by atoms with E-state index >= 15 is 0 Å². The minimum absolute atomic E-state index is 0.257. The number of hydrogen-bond acceptors (Lipinski definition) is 5. The van der Waals surface area contributed by atoms with Crippen LogP contribution in [0.15, 0.2) is 49.1 Å². The van der Waals surface area contributed by atoms with E-state index in [1.165, 1.54) is 18.6 Å². The number of nitrogens with one attached hydrogen (secondary N) is 1. The summed E-state index contributed by atoms with van der Waals surface area (Å²) in [5, 5.41) is 3.65. The lowest BCUT2D eigenvalue weighted by Crippen LogP contribution is -2.13. The second kappa shape index (κ2) is 5.54. The van der Waals surface area contributed by atoms with E-state index in [0.29, 0.717) is 5.69 Å². The molecule has 3 rings (SSSR count). The molecule has 0 radical (unpaired) electrons. The number of benzene rings is 1. The Morgan fingerprint density at radius 2 is 2.05 bits per heavy atom.